The molecule has 0 spiro atoms. The minimum atomic E-state index is -3.46. The van der Waals surface area contributed by atoms with Crippen molar-refractivity contribution < 1.29 is 13.2 Å². The zero-order valence-corrected chi connectivity index (χ0v) is 13.2. The average Bonchev–Trinajstić information content (AvgIpc) is 2.89. The lowest BCUT2D eigenvalue weighted by Gasteiger charge is -2.26. The number of morpholine rings is 1. The smallest absolute Gasteiger partial charge is 0.262 e. The van der Waals surface area contributed by atoms with E-state index in [-0.39, 0.29) is 0 Å². The van der Waals surface area contributed by atoms with Gasteiger partial charge in [0.15, 0.2) is 0 Å². The summed E-state index contributed by atoms with van der Waals surface area (Å²) >= 11 is 1.25. The lowest BCUT2D eigenvalue weighted by Crippen LogP contribution is -2.48. The van der Waals surface area contributed by atoms with Crippen LogP contribution in [0, 0.1) is 0 Å². The highest BCUT2D eigenvalue weighted by molar-refractivity contribution is 7.91. The van der Waals surface area contributed by atoms with Crippen molar-refractivity contribution in [3.05, 3.63) is 17.0 Å². The van der Waals surface area contributed by atoms with Gasteiger partial charge in [-0.05, 0) is 30.0 Å². The Kier molecular flexibility index (Phi) is 5.94. The van der Waals surface area contributed by atoms with E-state index in [1.54, 1.807) is 11.1 Å². The second kappa shape index (κ2) is 7.48. The molecule has 20 heavy (non-hydrogen) atoms. The molecule has 0 radical (unpaired) electrons. The normalized spacial score (nSPS) is 17.4. The van der Waals surface area contributed by atoms with Crippen LogP contribution in [-0.2, 0) is 21.3 Å². The summed E-state index contributed by atoms with van der Waals surface area (Å²) in [6.45, 7) is 6.01. The van der Waals surface area contributed by atoms with Gasteiger partial charge in [-0.2, -0.15) is 0 Å². The molecule has 2 heterocycles. The van der Waals surface area contributed by atoms with E-state index < -0.39 is 10.0 Å². The molecule has 114 valence electrons. The van der Waals surface area contributed by atoms with Gasteiger partial charge in [-0.1, -0.05) is 6.92 Å². The maximum Gasteiger partial charge on any atom is 0.262 e. The minimum Gasteiger partial charge on any atom is -0.379 e. The van der Waals surface area contributed by atoms with Crippen molar-refractivity contribution in [1.82, 2.24) is 15.2 Å². The van der Waals surface area contributed by atoms with Crippen molar-refractivity contribution in [2.45, 2.75) is 24.1 Å². The maximum atomic E-state index is 12.2. The second-order valence-corrected chi connectivity index (χ2v) is 7.44. The maximum absolute atomic E-state index is 12.2. The van der Waals surface area contributed by atoms with Crippen molar-refractivity contribution in [1.29, 1.82) is 0 Å². The summed E-state index contributed by atoms with van der Waals surface area (Å²) in [6.07, 6.45) is 1.06. The fourth-order valence-electron chi connectivity index (χ4n) is 1.87. The van der Waals surface area contributed by atoms with E-state index in [2.05, 4.69) is 17.1 Å². The van der Waals surface area contributed by atoms with Gasteiger partial charge >= 0.3 is 0 Å². The van der Waals surface area contributed by atoms with Gasteiger partial charge in [-0.25, -0.2) is 13.4 Å². The summed E-state index contributed by atoms with van der Waals surface area (Å²) in [4.78, 5) is 2.61. The second-order valence-electron chi connectivity index (χ2n) is 4.64. The minimum absolute atomic E-state index is 0.359. The van der Waals surface area contributed by atoms with Crippen LogP contribution < -0.4 is 10.1 Å². The van der Waals surface area contributed by atoms with Gasteiger partial charge in [0.25, 0.3) is 10.0 Å². The molecule has 1 aliphatic heterocycles. The molecular weight excluding hydrogens is 298 g/mol. The zero-order chi connectivity index (χ0) is 14.4. The van der Waals surface area contributed by atoms with Crippen LogP contribution in [0.3, 0.4) is 0 Å². The molecule has 1 saturated heterocycles. The Balaban J connectivity index is 1.94. The largest absolute Gasteiger partial charge is 0.379 e. The summed E-state index contributed by atoms with van der Waals surface area (Å²) in [7, 11) is -3.46. The van der Waals surface area contributed by atoms with Crippen molar-refractivity contribution in [2.75, 3.05) is 32.8 Å². The first-order valence-corrected chi connectivity index (χ1v) is 9.11. The molecule has 0 unspecified atom stereocenters. The molecule has 0 atom stereocenters. The number of thiophene rings is 1. The average molecular weight is 319 g/mol. The molecule has 0 saturated carbocycles. The molecule has 8 heteroatoms. The molecule has 2 rings (SSSR count). The number of sulfonamides is 1. The molecule has 1 aromatic rings. The summed E-state index contributed by atoms with van der Waals surface area (Å²) in [5, 5.41) is 6.84. The summed E-state index contributed by atoms with van der Waals surface area (Å²) in [5.41, 5.74) is 1.01. The standard InChI is InChI=1S/C12H21N3O3S2/c1-2-3-13-9-11-8-12(19-10-11)20(16,17)14-15-4-6-18-7-5-15/h8,10,13-14H,2-7,9H2,1H3. The Bertz CT molecular complexity index is 510. The molecule has 6 nitrogen and oxygen atoms in total. The molecule has 0 amide bonds. The van der Waals surface area contributed by atoms with Crippen molar-refractivity contribution in [3.8, 4) is 0 Å². The van der Waals surface area contributed by atoms with Crippen LogP contribution in [0.2, 0.25) is 0 Å². The van der Waals surface area contributed by atoms with Crippen LogP contribution in [0.1, 0.15) is 18.9 Å². The van der Waals surface area contributed by atoms with Crippen LogP contribution in [0.15, 0.2) is 15.7 Å². The Morgan fingerprint density at radius 3 is 2.85 bits per heavy atom. The highest BCUT2D eigenvalue weighted by Crippen LogP contribution is 2.20. The molecule has 0 aromatic carbocycles. The topological polar surface area (TPSA) is 70.7 Å². The fourth-order valence-corrected chi connectivity index (χ4v) is 4.19. The van der Waals surface area contributed by atoms with Crippen LogP contribution in [0.25, 0.3) is 0 Å². The molecule has 2 N–H and O–H groups in total. The van der Waals surface area contributed by atoms with Crippen molar-refractivity contribution in [2.24, 2.45) is 0 Å². The summed E-state index contributed by atoms with van der Waals surface area (Å²) < 4.78 is 30.0. The van der Waals surface area contributed by atoms with Gasteiger partial charge in [0.1, 0.15) is 4.21 Å². The first kappa shape index (κ1) is 15.9. The fraction of sp³-hybridized carbons (Fsp3) is 0.667. The van der Waals surface area contributed by atoms with Gasteiger partial charge in [0, 0.05) is 19.6 Å². The Labute approximate surface area is 124 Å². The number of hydrazine groups is 1. The first-order valence-electron chi connectivity index (χ1n) is 6.75. The number of rotatable bonds is 7. The van der Waals surface area contributed by atoms with Crippen molar-refractivity contribution >= 4 is 21.4 Å². The van der Waals surface area contributed by atoms with E-state index in [4.69, 9.17) is 4.74 Å². The van der Waals surface area contributed by atoms with Gasteiger partial charge in [0.05, 0.1) is 13.2 Å². The van der Waals surface area contributed by atoms with Gasteiger partial charge in [0.2, 0.25) is 0 Å². The molecule has 0 aliphatic carbocycles. The SMILES string of the molecule is CCCNCc1csc(S(=O)(=O)NN2CCOCC2)c1. The third-order valence-electron chi connectivity index (χ3n) is 2.91. The number of nitrogens with zero attached hydrogens (tertiary/aromatic N) is 1. The first-order chi connectivity index (χ1) is 9.62. The number of hydrogen-bond donors (Lipinski definition) is 2. The van der Waals surface area contributed by atoms with E-state index >= 15 is 0 Å². The highest BCUT2D eigenvalue weighted by Gasteiger charge is 2.21. The Morgan fingerprint density at radius 1 is 1.40 bits per heavy atom. The van der Waals surface area contributed by atoms with Crippen molar-refractivity contribution in [3.63, 3.8) is 0 Å². The van der Waals surface area contributed by atoms with Gasteiger partial charge < -0.3 is 10.1 Å². The van der Waals surface area contributed by atoms with Crippen LogP contribution in [0.5, 0.6) is 0 Å². The van der Waals surface area contributed by atoms with E-state index in [0.29, 0.717) is 37.1 Å². The predicted octanol–water partition coefficient (Wildman–Crippen LogP) is 0.773. The molecule has 1 fully saturated rings. The zero-order valence-electron chi connectivity index (χ0n) is 11.6. The van der Waals surface area contributed by atoms with Gasteiger partial charge in [-0.15, -0.1) is 16.2 Å². The molecule has 0 bridgehead atoms. The van der Waals surface area contributed by atoms with E-state index in [9.17, 15) is 8.42 Å². The van der Waals surface area contributed by atoms with Gasteiger partial charge in [-0.3, -0.25) is 0 Å². The summed E-state index contributed by atoms with van der Waals surface area (Å²) in [5.74, 6) is 0. The lowest BCUT2D eigenvalue weighted by molar-refractivity contribution is 0.0272. The van der Waals surface area contributed by atoms with Crippen LogP contribution >= 0.6 is 11.3 Å². The molecule has 1 aromatic heterocycles. The Hall–Kier alpha value is -0.510. The number of ether oxygens (including phenoxy) is 1. The number of nitrogens with one attached hydrogen (secondary N) is 2. The lowest BCUT2D eigenvalue weighted by atomic mass is 10.3. The van der Waals surface area contributed by atoms with E-state index in [1.165, 1.54) is 11.3 Å². The molecule has 1 aliphatic rings. The van der Waals surface area contributed by atoms with Crippen LogP contribution in [0.4, 0.5) is 0 Å². The van der Waals surface area contributed by atoms with Crippen LogP contribution in [-0.4, -0.2) is 46.3 Å². The third kappa shape index (κ3) is 4.51. The third-order valence-corrected chi connectivity index (χ3v) is 5.77. The summed E-state index contributed by atoms with van der Waals surface area (Å²) in [6, 6.07) is 1.73. The Morgan fingerprint density at radius 2 is 2.15 bits per heavy atom. The van der Waals surface area contributed by atoms with E-state index in [1.807, 2.05) is 5.38 Å². The van der Waals surface area contributed by atoms with E-state index in [0.717, 1.165) is 18.5 Å². The number of hydrogen-bond acceptors (Lipinski definition) is 6. The predicted molar refractivity (Wildman–Crippen MR) is 79.0 cm³/mol. The molecular formula is C12H21N3O3S2. The highest BCUT2D eigenvalue weighted by atomic mass is 32.2. The monoisotopic (exact) mass is 319 g/mol. The quantitative estimate of drug-likeness (QED) is 0.727.